The van der Waals surface area contributed by atoms with Crippen LogP contribution in [0.3, 0.4) is 0 Å². The van der Waals surface area contributed by atoms with Gasteiger partial charge in [0.1, 0.15) is 29.7 Å². The lowest BCUT2D eigenvalue weighted by Crippen LogP contribution is -2.62. The van der Waals surface area contributed by atoms with E-state index in [0.717, 1.165) is 22.3 Å². The zero-order chi connectivity index (χ0) is 75.8. The molecule has 570 valence electrons. The van der Waals surface area contributed by atoms with Crippen LogP contribution in [0.5, 0.6) is 0 Å². The molecule has 7 aromatic rings. The van der Waals surface area contributed by atoms with Crippen molar-refractivity contribution in [2.24, 2.45) is 11.8 Å². The van der Waals surface area contributed by atoms with Crippen LogP contribution in [-0.2, 0) is 85.2 Å². The van der Waals surface area contributed by atoms with E-state index in [0.29, 0.717) is 119 Å². The van der Waals surface area contributed by atoms with Crippen LogP contribution in [0.1, 0.15) is 135 Å². The van der Waals surface area contributed by atoms with Gasteiger partial charge in [-0.25, -0.2) is 0 Å². The molecule has 0 aliphatic carbocycles. The second kappa shape index (κ2) is 38.9. The monoisotopic (exact) mass is 1470 g/mol. The maximum atomic E-state index is 15.3. The number of ketones is 1. The molecule has 0 spiro atoms. The number of carbonyl (C=O) groups excluding carboxylic acids is 8. The standard InChI is InChI=1S/C87H107N11O10/c1-5-72(88-3)79(100)93-77-64(56-90-54-60-26-13-7-14-27-60)43-45-70-47-49-74(97(70)83(77)104)81(102)95-86(66-30-17-9-18-31-66,67-32-19-10-20-33-67)76(99)38-25-52-107-58-62-39-41-63(42-40-62)59-108-53-51-92-85(106)87(68-34-21-11-22-35-68,69-36-23-12-24-37-69)96-82(103)75-50-48-71-46-44-65(57-91-55-61-28-15-8-16-29-61)78(84(105)98(71)75)94-80(101)73(6-2)89-4/h7-24,26-37,39-42,64-65,70-75,77-78,88-91H,5-6,25,38,43-59H2,1-4H3,(H,92,106)(H,93,100)(H,94,101)(H,95,102)(H,96,103)/t64-,65-,70+,71+,72+,73+,74+,75+,77+,78+/m1/s1. The summed E-state index contributed by atoms with van der Waals surface area (Å²) < 4.78 is 12.4. The smallest absolute Gasteiger partial charge is 0.255 e. The first kappa shape index (κ1) is 79.3. The predicted octanol–water partition coefficient (Wildman–Crippen LogP) is 8.39. The van der Waals surface area contributed by atoms with Gasteiger partial charge in [0.25, 0.3) is 5.91 Å². The summed E-state index contributed by atoms with van der Waals surface area (Å²) in [6.07, 6.45) is 6.00. The summed E-state index contributed by atoms with van der Waals surface area (Å²) in [6, 6.07) is 59.5. The number of rotatable bonds is 37. The molecule has 10 atom stereocenters. The number of likely N-dealkylation sites (N-methyl/N-ethyl adjacent to an activating group) is 2. The number of hydrogen-bond donors (Lipinski definition) is 9. The molecule has 0 unspecified atom stereocenters. The summed E-state index contributed by atoms with van der Waals surface area (Å²) in [5.41, 5.74) is 2.86. The molecule has 4 aliphatic rings. The van der Waals surface area contributed by atoms with Crippen LogP contribution in [0.15, 0.2) is 206 Å². The van der Waals surface area contributed by atoms with Gasteiger partial charge in [0.2, 0.25) is 35.4 Å². The fourth-order valence-corrected chi connectivity index (χ4v) is 16.4. The average Bonchev–Trinajstić information content (AvgIpc) is 0.873. The molecule has 0 bridgehead atoms. The molecule has 4 fully saturated rings. The summed E-state index contributed by atoms with van der Waals surface area (Å²) in [5.74, 6) is -3.30. The summed E-state index contributed by atoms with van der Waals surface area (Å²) in [7, 11) is 3.45. The predicted molar refractivity (Wildman–Crippen MR) is 416 cm³/mol. The molecule has 21 nitrogen and oxygen atoms in total. The number of Topliss-reactive ketones (excluding diaryl/α,β-unsaturated/α-hetero) is 1. The van der Waals surface area contributed by atoms with Crippen LogP contribution in [-0.4, -0.2) is 152 Å². The van der Waals surface area contributed by atoms with Crippen LogP contribution < -0.4 is 47.9 Å². The van der Waals surface area contributed by atoms with Gasteiger partial charge in [-0.1, -0.05) is 220 Å². The van der Waals surface area contributed by atoms with Gasteiger partial charge >= 0.3 is 0 Å². The van der Waals surface area contributed by atoms with Gasteiger partial charge < -0.3 is 67.1 Å². The normalized spacial score (nSPS) is 20.6. The van der Waals surface area contributed by atoms with Gasteiger partial charge in [0.05, 0.1) is 31.9 Å². The number of nitrogens with one attached hydrogen (secondary N) is 9. The molecule has 7 amide bonds. The molecular weight excluding hydrogens is 1360 g/mol. The third-order valence-corrected chi connectivity index (χ3v) is 22.2. The molecule has 21 heteroatoms. The topological polar surface area (TPSA) is 270 Å². The summed E-state index contributed by atoms with van der Waals surface area (Å²) in [5, 5.41) is 29.1. The highest BCUT2D eigenvalue weighted by Crippen LogP contribution is 2.40. The minimum Gasteiger partial charge on any atom is -0.377 e. The molecule has 7 aromatic carbocycles. The Labute approximate surface area is 635 Å². The van der Waals surface area contributed by atoms with Crippen molar-refractivity contribution in [2.45, 2.75) is 177 Å². The Bertz CT molecular complexity index is 3720. The molecule has 4 heterocycles. The minimum absolute atomic E-state index is 0.0541. The van der Waals surface area contributed by atoms with E-state index < -0.39 is 65.1 Å². The zero-order valence-corrected chi connectivity index (χ0v) is 62.7. The second-order valence-electron chi connectivity index (χ2n) is 29.0. The van der Waals surface area contributed by atoms with Crippen molar-refractivity contribution in [3.63, 3.8) is 0 Å². The van der Waals surface area contributed by atoms with Crippen molar-refractivity contribution in [2.75, 3.05) is 46.9 Å². The van der Waals surface area contributed by atoms with Crippen LogP contribution >= 0.6 is 0 Å². The van der Waals surface area contributed by atoms with Crippen molar-refractivity contribution in [3.05, 3.63) is 251 Å². The molecular formula is C87H107N11O10. The van der Waals surface area contributed by atoms with Gasteiger partial charge in [0.15, 0.2) is 11.3 Å². The number of fused-ring (bicyclic) bond motifs is 2. The van der Waals surface area contributed by atoms with Gasteiger partial charge in [0, 0.05) is 69.7 Å². The van der Waals surface area contributed by atoms with E-state index in [-0.39, 0.29) is 92.7 Å². The summed E-state index contributed by atoms with van der Waals surface area (Å²) in [6.45, 7) is 6.96. The van der Waals surface area contributed by atoms with Crippen LogP contribution in [0.4, 0.5) is 0 Å². The number of amides is 7. The third-order valence-electron chi connectivity index (χ3n) is 22.2. The maximum absolute atomic E-state index is 15.3. The molecule has 9 N–H and O–H groups in total. The highest BCUT2D eigenvalue weighted by atomic mass is 16.5. The Morgan fingerprint density at radius 1 is 0.444 bits per heavy atom. The minimum atomic E-state index is -1.73. The lowest BCUT2D eigenvalue weighted by molar-refractivity contribution is -0.145. The van der Waals surface area contributed by atoms with Crippen molar-refractivity contribution in [1.29, 1.82) is 0 Å². The van der Waals surface area contributed by atoms with Crippen molar-refractivity contribution in [3.8, 4) is 0 Å². The molecule has 0 aromatic heterocycles. The first-order valence-electron chi connectivity index (χ1n) is 38.7. The molecule has 0 saturated carbocycles. The Morgan fingerprint density at radius 3 is 1.19 bits per heavy atom. The van der Waals surface area contributed by atoms with E-state index in [1.807, 2.05) is 220 Å². The third kappa shape index (κ3) is 19.0. The number of benzene rings is 7. The largest absolute Gasteiger partial charge is 0.377 e. The number of nitrogens with zero attached hydrogens (tertiary/aromatic N) is 2. The first-order valence-corrected chi connectivity index (χ1v) is 38.7. The van der Waals surface area contributed by atoms with Gasteiger partial charge in [-0.3, -0.25) is 38.4 Å². The van der Waals surface area contributed by atoms with E-state index in [1.54, 1.807) is 23.9 Å². The first-order chi connectivity index (χ1) is 52.7. The van der Waals surface area contributed by atoms with Crippen molar-refractivity contribution < 1.29 is 47.8 Å². The SMILES string of the molecule is CC[C@H](NC)C(=O)N[C@@H]1C(=O)N2[C@@H](CC[C@@H]1CNCc1ccccc1)CC[C@H]2C(=O)NC(C(=O)CCCOCc1ccc(COCCNC(=O)C(NC(=O)[C@@H]2CC[C@@H]3CC[C@H](CNCc4ccccc4)[C@H](NC(=O)[C@H](CC)NC)C(=O)N32)(c2ccccc2)c2ccccc2)cc1)(c1ccccc1)c1ccccc1. The zero-order valence-electron chi connectivity index (χ0n) is 62.7. The quantitative estimate of drug-likeness (QED) is 0.0166. The fraction of sp³-hybridized carbons (Fsp3) is 0.425. The Kier molecular flexibility index (Phi) is 28.5. The van der Waals surface area contributed by atoms with Gasteiger partial charge in [-0.05, 0) is 129 Å². The van der Waals surface area contributed by atoms with Gasteiger partial charge in [-0.2, -0.15) is 0 Å². The van der Waals surface area contributed by atoms with Crippen LogP contribution in [0.25, 0.3) is 0 Å². The fourth-order valence-electron chi connectivity index (χ4n) is 16.4. The lowest BCUT2D eigenvalue weighted by Gasteiger charge is -2.38. The summed E-state index contributed by atoms with van der Waals surface area (Å²) in [4.78, 5) is 123. The Morgan fingerprint density at radius 2 is 0.806 bits per heavy atom. The van der Waals surface area contributed by atoms with Crippen molar-refractivity contribution >= 4 is 47.1 Å². The maximum Gasteiger partial charge on any atom is 0.255 e. The molecule has 11 rings (SSSR count). The second-order valence-corrected chi connectivity index (χ2v) is 29.0. The average molecular weight is 1470 g/mol. The van der Waals surface area contributed by atoms with E-state index in [9.17, 15) is 9.59 Å². The number of carbonyl (C=O) groups is 8. The van der Waals surface area contributed by atoms with E-state index in [1.165, 1.54) is 0 Å². The molecule has 108 heavy (non-hydrogen) atoms. The van der Waals surface area contributed by atoms with Crippen molar-refractivity contribution in [1.82, 2.24) is 57.7 Å². The number of hydrogen-bond acceptors (Lipinski definition) is 14. The lowest BCUT2D eigenvalue weighted by atomic mass is 9.77. The molecule has 0 radical (unpaired) electrons. The summed E-state index contributed by atoms with van der Waals surface area (Å²) >= 11 is 0. The van der Waals surface area contributed by atoms with Gasteiger partial charge in [-0.15, -0.1) is 0 Å². The Hall–Kier alpha value is -9.74. The van der Waals surface area contributed by atoms with Crippen LogP contribution in [0, 0.1) is 11.8 Å². The number of ether oxygens (including phenoxy) is 2. The molecule has 4 aliphatic heterocycles. The van der Waals surface area contributed by atoms with E-state index in [4.69, 9.17) is 9.47 Å². The van der Waals surface area contributed by atoms with E-state index in [2.05, 4.69) is 47.9 Å². The van der Waals surface area contributed by atoms with Crippen LogP contribution in [0.2, 0.25) is 0 Å². The molecule has 4 saturated heterocycles. The highest BCUT2D eigenvalue weighted by Gasteiger charge is 2.53. The Balaban J connectivity index is 0.704. The highest BCUT2D eigenvalue weighted by molar-refractivity contribution is 6.01. The van der Waals surface area contributed by atoms with E-state index >= 15 is 28.8 Å².